The minimum atomic E-state index is -0.376. The molecule has 0 aliphatic carbocycles. The van der Waals surface area contributed by atoms with E-state index >= 15 is 0 Å². The van der Waals surface area contributed by atoms with Gasteiger partial charge >= 0.3 is 0 Å². The number of tetrazole rings is 1. The number of rotatable bonds is 4. The first-order valence-electron chi connectivity index (χ1n) is 9.90. The maximum atomic E-state index is 13.4. The standard InChI is InChI=1S/C21H20FN5O3/c22-16-4-1-3-15(11-16)21-23-25-27(24-21)13-20(28)26-8-2-5-17(26)14-6-7-18-19(12-14)30-10-9-29-18/h1,3-4,6-7,11-12,17H,2,5,8-10,13H2/t17-/m0/s1. The molecule has 1 amide bonds. The van der Waals surface area contributed by atoms with Gasteiger partial charge in [0.1, 0.15) is 25.6 Å². The Morgan fingerprint density at radius 1 is 1.13 bits per heavy atom. The van der Waals surface area contributed by atoms with E-state index in [1.807, 2.05) is 23.1 Å². The number of carbonyl (C=O) groups excluding carboxylic acids is 1. The number of nitrogens with zero attached hydrogens (tertiary/aromatic N) is 5. The van der Waals surface area contributed by atoms with E-state index in [2.05, 4.69) is 15.4 Å². The van der Waals surface area contributed by atoms with Crippen molar-refractivity contribution >= 4 is 5.91 Å². The van der Waals surface area contributed by atoms with Gasteiger partial charge in [-0.1, -0.05) is 18.2 Å². The summed E-state index contributed by atoms with van der Waals surface area (Å²) in [4.78, 5) is 16.1. The fourth-order valence-electron chi connectivity index (χ4n) is 3.94. The van der Waals surface area contributed by atoms with Crippen molar-refractivity contribution in [3.8, 4) is 22.9 Å². The maximum Gasteiger partial charge on any atom is 0.246 e. The quantitative estimate of drug-likeness (QED) is 0.659. The van der Waals surface area contributed by atoms with E-state index in [0.717, 1.165) is 29.9 Å². The number of aromatic nitrogens is 4. The van der Waals surface area contributed by atoms with Crippen LogP contribution in [-0.4, -0.2) is 50.8 Å². The van der Waals surface area contributed by atoms with Crippen LogP contribution in [0.2, 0.25) is 0 Å². The Morgan fingerprint density at radius 2 is 2.00 bits per heavy atom. The van der Waals surface area contributed by atoms with E-state index in [-0.39, 0.29) is 30.1 Å². The molecule has 3 heterocycles. The number of amides is 1. The van der Waals surface area contributed by atoms with Crippen LogP contribution < -0.4 is 9.47 Å². The molecule has 0 spiro atoms. The van der Waals surface area contributed by atoms with Gasteiger partial charge in [-0.2, -0.15) is 4.80 Å². The first-order chi connectivity index (χ1) is 14.7. The monoisotopic (exact) mass is 409 g/mol. The van der Waals surface area contributed by atoms with Crippen LogP contribution in [0.25, 0.3) is 11.4 Å². The molecule has 1 atom stereocenters. The summed E-state index contributed by atoms with van der Waals surface area (Å²) in [5.41, 5.74) is 1.54. The van der Waals surface area contributed by atoms with Crippen LogP contribution in [0, 0.1) is 5.82 Å². The van der Waals surface area contributed by atoms with Gasteiger partial charge in [-0.15, -0.1) is 10.2 Å². The van der Waals surface area contributed by atoms with Crippen LogP contribution in [0.5, 0.6) is 11.5 Å². The van der Waals surface area contributed by atoms with Gasteiger partial charge in [0, 0.05) is 12.1 Å². The third-order valence-electron chi connectivity index (χ3n) is 5.34. The fraction of sp³-hybridized carbons (Fsp3) is 0.333. The number of fused-ring (bicyclic) bond motifs is 1. The second-order valence-electron chi connectivity index (χ2n) is 7.30. The topological polar surface area (TPSA) is 82.4 Å². The van der Waals surface area contributed by atoms with Gasteiger partial charge < -0.3 is 14.4 Å². The Labute approximate surface area is 172 Å². The number of likely N-dealkylation sites (tertiary alicyclic amines) is 1. The number of carbonyl (C=O) groups is 1. The lowest BCUT2D eigenvalue weighted by Gasteiger charge is -2.26. The first-order valence-corrected chi connectivity index (χ1v) is 9.90. The summed E-state index contributed by atoms with van der Waals surface area (Å²) in [6.07, 6.45) is 1.80. The SMILES string of the molecule is O=C(Cn1nnc(-c2cccc(F)c2)n1)N1CCC[C@H]1c1ccc2c(c1)OCCO2. The molecule has 2 aliphatic rings. The fourth-order valence-corrected chi connectivity index (χ4v) is 3.94. The number of halogens is 1. The van der Waals surface area contributed by atoms with Crippen LogP contribution in [0.1, 0.15) is 24.4 Å². The normalized spacial score (nSPS) is 17.9. The lowest BCUT2D eigenvalue weighted by Crippen LogP contribution is -2.34. The number of hydrogen-bond donors (Lipinski definition) is 0. The predicted octanol–water partition coefficient (Wildman–Crippen LogP) is 2.61. The molecule has 154 valence electrons. The summed E-state index contributed by atoms with van der Waals surface area (Å²) in [5.74, 6) is 1.27. The van der Waals surface area contributed by atoms with Gasteiger partial charge in [-0.3, -0.25) is 4.79 Å². The molecule has 2 aromatic carbocycles. The van der Waals surface area contributed by atoms with Crippen molar-refractivity contribution in [1.82, 2.24) is 25.1 Å². The molecular weight excluding hydrogens is 389 g/mol. The Hall–Kier alpha value is -3.49. The summed E-state index contributed by atoms with van der Waals surface area (Å²) in [6, 6.07) is 11.8. The maximum absolute atomic E-state index is 13.4. The van der Waals surface area contributed by atoms with Crippen LogP contribution in [-0.2, 0) is 11.3 Å². The Balaban J connectivity index is 1.31. The molecule has 0 saturated carbocycles. The highest BCUT2D eigenvalue weighted by Gasteiger charge is 2.31. The molecule has 30 heavy (non-hydrogen) atoms. The predicted molar refractivity (Wildman–Crippen MR) is 104 cm³/mol. The molecule has 0 N–H and O–H groups in total. The van der Waals surface area contributed by atoms with Crippen molar-refractivity contribution < 1.29 is 18.7 Å². The summed E-state index contributed by atoms with van der Waals surface area (Å²) >= 11 is 0. The third-order valence-corrected chi connectivity index (χ3v) is 5.34. The van der Waals surface area contributed by atoms with Gasteiger partial charge in [0.05, 0.1) is 6.04 Å². The number of ether oxygens (including phenoxy) is 2. The van der Waals surface area contributed by atoms with Crippen LogP contribution in [0.15, 0.2) is 42.5 Å². The minimum absolute atomic E-state index is 0.0244. The Morgan fingerprint density at radius 3 is 2.87 bits per heavy atom. The number of benzene rings is 2. The van der Waals surface area contributed by atoms with Crippen molar-refractivity contribution in [1.29, 1.82) is 0 Å². The molecule has 1 fully saturated rings. The van der Waals surface area contributed by atoms with Crippen LogP contribution >= 0.6 is 0 Å². The van der Waals surface area contributed by atoms with Gasteiger partial charge in [0.25, 0.3) is 0 Å². The average Bonchev–Trinajstić information content (AvgIpc) is 3.43. The lowest BCUT2D eigenvalue weighted by molar-refractivity contribution is -0.133. The van der Waals surface area contributed by atoms with Crippen molar-refractivity contribution in [2.45, 2.75) is 25.4 Å². The van der Waals surface area contributed by atoms with E-state index in [9.17, 15) is 9.18 Å². The van der Waals surface area contributed by atoms with Gasteiger partial charge in [-0.25, -0.2) is 4.39 Å². The smallest absolute Gasteiger partial charge is 0.246 e. The second kappa shape index (κ2) is 7.74. The highest BCUT2D eigenvalue weighted by molar-refractivity contribution is 5.76. The highest BCUT2D eigenvalue weighted by atomic mass is 19.1. The molecule has 9 heteroatoms. The van der Waals surface area contributed by atoms with E-state index in [4.69, 9.17) is 9.47 Å². The van der Waals surface area contributed by atoms with E-state index in [1.54, 1.807) is 12.1 Å². The molecule has 1 aromatic heterocycles. The van der Waals surface area contributed by atoms with Crippen LogP contribution in [0.4, 0.5) is 4.39 Å². The molecule has 5 rings (SSSR count). The second-order valence-corrected chi connectivity index (χ2v) is 7.30. The Bertz CT molecular complexity index is 1090. The molecule has 8 nitrogen and oxygen atoms in total. The summed E-state index contributed by atoms with van der Waals surface area (Å²) in [5, 5.41) is 12.1. The minimum Gasteiger partial charge on any atom is -0.486 e. The summed E-state index contributed by atoms with van der Waals surface area (Å²) < 4.78 is 24.7. The highest BCUT2D eigenvalue weighted by Crippen LogP contribution is 2.38. The molecule has 1 saturated heterocycles. The molecule has 3 aromatic rings. The zero-order valence-electron chi connectivity index (χ0n) is 16.2. The van der Waals surface area contributed by atoms with Gasteiger partial charge in [-0.05, 0) is 47.9 Å². The van der Waals surface area contributed by atoms with Crippen molar-refractivity contribution in [3.05, 3.63) is 53.8 Å². The molecular formula is C21H20FN5O3. The molecule has 2 aliphatic heterocycles. The van der Waals surface area contributed by atoms with Gasteiger partial charge in [0.2, 0.25) is 11.7 Å². The zero-order chi connectivity index (χ0) is 20.5. The molecule has 0 bridgehead atoms. The first kappa shape index (κ1) is 18.5. The van der Waals surface area contributed by atoms with E-state index < -0.39 is 0 Å². The molecule has 0 radical (unpaired) electrons. The van der Waals surface area contributed by atoms with Crippen molar-refractivity contribution in [2.75, 3.05) is 19.8 Å². The lowest BCUT2D eigenvalue weighted by atomic mass is 10.0. The van der Waals surface area contributed by atoms with E-state index in [1.165, 1.54) is 16.9 Å². The van der Waals surface area contributed by atoms with Crippen molar-refractivity contribution in [3.63, 3.8) is 0 Å². The van der Waals surface area contributed by atoms with Gasteiger partial charge in [0.15, 0.2) is 11.5 Å². The van der Waals surface area contributed by atoms with Crippen molar-refractivity contribution in [2.24, 2.45) is 0 Å². The molecule has 0 unspecified atom stereocenters. The average molecular weight is 409 g/mol. The van der Waals surface area contributed by atoms with Crippen LogP contribution in [0.3, 0.4) is 0 Å². The zero-order valence-corrected chi connectivity index (χ0v) is 16.2. The Kier molecular flexibility index (Phi) is 4.78. The summed E-state index contributed by atoms with van der Waals surface area (Å²) in [6.45, 7) is 1.71. The largest absolute Gasteiger partial charge is 0.486 e. The third kappa shape index (κ3) is 3.58. The number of hydrogen-bond acceptors (Lipinski definition) is 6. The summed E-state index contributed by atoms with van der Waals surface area (Å²) in [7, 11) is 0. The van der Waals surface area contributed by atoms with E-state index in [0.29, 0.717) is 25.3 Å².